The number of urea groups is 1. The van der Waals surface area contributed by atoms with Crippen LogP contribution in [0.1, 0.15) is 58.8 Å². The molecule has 2 saturated heterocycles. The van der Waals surface area contributed by atoms with E-state index < -0.39 is 0 Å². The second kappa shape index (κ2) is 8.25. The second-order valence-corrected chi connectivity index (χ2v) is 10.1. The lowest BCUT2D eigenvalue weighted by atomic mass is 9.65. The molecular weight excluding hydrogens is 368 g/mol. The van der Waals surface area contributed by atoms with Crippen LogP contribution in [0.3, 0.4) is 0 Å². The summed E-state index contributed by atoms with van der Waals surface area (Å²) in [6.45, 7) is 5.42. The fraction of sp³-hybridized carbons (Fsp3) is 0.864. The number of fused-ring (bicyclic) bond motifs is 1. The number of piperidine rings is 2. The van der Waals surface area contributed by atoms with Gasteiger partial charge in [0.2, 0.25) is 11.8 Å². The molecule has 4 aliphatic rings. The number of rotatable bonds is 3. The van der Waals surface area contributed by atoms with Crippen LogP contribution in [0.4, 0.5) is 4.79 Å². The van der Waals surface area contributed by atoms with Crippen molar-refractivity contribution in [3.05, 3.63) is 0 Å². The zero-order chi connectivity index (χ0) is 20.7. The summed E-state index contributed by atoms with van der Waals surface area (Å²) in [4.78, 5) is 39.3. The van der Waals surface area contributed by atoms with Crippen molar-refractivity contribution < 1.29 is 14.4 Å². The number of amides is 4. The Kier molecular flexibility index (Phi) is 5.87. The average Bonchev–Trinajstić information content (AvgIpc) is 3.52. The van der Waals surface area contributed by atoms with E-state index in [0.29, 0.717) is 23.9 Å². The highest BCUT2D eigenvalue weighted by atomic mass is 16.2. The van der Waals surface area contributed by atoms with Gasteiger partial charge in [-0.1, -0.05) is 6.92 Å². The fourth-order valence-corrected chi connectivity index (χ4v) is 5.88. The van der Waals surface area contributed by atoms with Gasteiger partial charge in [-0.05, 0) is 69.6 Å². The van der Waals surface area contributed by atoms with Crippen molar-refractivity contribution in [2.45, 2.75) is 76.9 Å². The Bertz CT molecular complexity index is 664. The minimum atomic E-state index is -0.377. The minimum absolute atomic E-state index is 0.0232. The first-order valence-corrected chi connectivity index (χ1v) is 11.4. The van der Waals surface area contributed by atoms with E-state index in [1.807, 2.05) is 11.9 Å². The van der Waals surface area contributed by atoms with Gasteiger partial charge in [0.1, 0.15) is 0 Å². The van der Waals surface area contributed by atoms with Crippen LogP contribution in [0.5, 0.6) is 0 Å². The molecule has 0 radical (unpaired) electrons. The zero-order valence-corrected chi connectivity index (χ0v) is 17.9. The van der Waals surface area contributed by atoms with Gasteiger partial charge in [0.05, 0.1) is 0 Å². The van der Waals surface area contributed by atoms with E-state index in [-0.39, 0.29) is 41.6 Å². The van der Waals surface area contributed by atoms with Crippen LogP contribution in [0, 0.1) is 29.6 Å². The number of hydrogen-bond acceptors (Lipinski definition) is 4. The summed E-state index contributed by atoms with van der Waals surface area (Å²) >= 11 is 0. The van der Waals surface area contributed by atoms with Gasteiger partial charge in [-0.15, -0.1) is 0 Å². The summed E-state index contributed by atoms with van der Waals surface area (Å²) in [7, 11) is 1.98. The molecule has 7 heteroatoms. The van der Waals surface area contributed by atoms with E-state index in [0.717, 1.165) is 51.5 Å². The number of imide groups is 1. The van der Waals surface area contributed by atoms with Crippen molar-refractivity contribution in [2.24, 2.45) is 29.6 Å². The number of nitrogens with one attached hydrogen (secondary N) is 3. The lowest BCUT2D eigenvalue weighted by Gasteiger charge is -2.50. The normalized spacial score (nSPS) is 40.2. The maximum absolute atomic E-state index is 13.2. The third-order valence-corrected chi connectivity index (χ3v) is 7.88. The molecule has 2 aliphatic heterocycles. The first-order chi connectivity index (χ1) is 13.8. The molecule has 2 heterocycles. The summed E-state index contributed by atoms with van der Waals surface area (Å²) in [5, 5.41) is 9.06. The maximum Gasteiger partial charge on any atom is 0.321 e. The van der Waals surface area contributed by atoms with Crippen LogP contribution < -0.4 is 16.0 Å². The molecule has 4 amide bonds. The average molecular weight is 405 g/mol. The minimum Gasteiger partial charge on any atom is -0.342 e. The van der Waals surface area contributed by atoms with E-state index in [1.54, 1.807) is 0 Å². The Morgan fingerprint density at radius 2 is 1.83 bits per heavy atom. The predicted octanol–water partition coefficient (Wildman–Crippen LogP) is 1.87. The van der Waals surface area contributed by atoms with Gasteiger partial charge in [-0.25, -0.2) is 4.79 Å². The van der Waals surface area contributed by atoms with Crippen molar-refractivity contribution in [1.82, 2.24) is 20.9 Å². The third kappa shape index (κ3) is 4.44. The molecule has 7 nitrogen and oxygen atoms in total. The molecule has 4 fully saturated rings. The van der Waals surface area contributed by atoms with Gasteiger partial charge in [-0.3, -0.25) is 14.9 Å². The third-order valence-electron chi connectivity index (χ3n) is 7.88. The predicted molar refractivity (Wildman–Crippen MR) is 110 cm³/mol. The molecule has 4 rings (SSSR count). The monoisotopic (exact) mass is 404 g/mol. The van der Waals surface area contributed by atoms with Crippen molar-refractivity contribution in [2.75, 3.05) is 13.6 Å². The van der Waals surface area contributed by atoms with Crippen molar-refractivity contribution in [3.63, 3.8) is 0 Å². The Labute approximate surface area is 173 Å². The van der Waals surface area contributed by atoms with Gasteiger partial charge >= 0.3 is 6.03 Å². The summed E-state index contributed by atoms with van der Waals surface area (Å²) in [6, 6.07) is 0.463. The van der Waals surface area contributed by atoms with Crippen molar-refractivity contribution >= 4 is 17.8 Å². The Morgan fingerprint density at radius 1 is 1.07 bits per heavy atom. The molecule has 0 aromatic carbocycles. The zero-order valence-electron chi connectivity index (χ0n) is 17.9. The van der Waals surface area contributed by atoms with Crippen LogP contribution in [0.25, 0.3) is 0 Å². The lowest BCUT2D eigenvalue weighted by Crippen LogP contribution is -2.60. The quantitative estimate of drug-likeness (QED) is 0.670. The van der Waals surface area contributed by atoms with Crippen LogP contribution in [0.2, 0.25) is 0 Å². The van der Waals surface area contributed by atoms with Crippen LogP contribution in [-0.4, -0.2) is 54.5 Å². The van der Waals surface area contributed by atoms with E-state index in [2.05, 4.69) is 29.8 Å². The highest BCUT2D eigenvalue weighted by Crippen LogP contribution is 2.43. The fourth-order valence-electron chi connectivity index (χ4n) is 5.88. The number of likely N-dealkylation sites (tertiary alicyclic amines) is 1. The molecule has 0 bridgehead atoms. The van der Waals surface area contributed by atoms with Crippen LogP contribution in [-0.2, 0) is 9.59 Å². The number of nitrogens with zero attached hydrogens (tertiary/aromatic N) is 1. The highest BCUT2D eigenvalue weighted by Gasteiger charge is 2.47. The largest absolute Gasteiger partial charge is 0.342 e. The summed E-state index contributed by atoms with van der Waals surface area (Å²) < 4.78 is 0. The Morgan fingerprint density at radius 3 is 2.55 bits per heavy atom. The molecule has 0 aromatic heterocycles. The molecule has 0 spiro atoms. The lowest BCUT2D eigenvalue weighted by molar-refractivity contribution is -0.148. The van der Waals surface area contributed by atoms with Gasteiger partial charge < -0.3 is 15.5 Å². The molecule has 162 valence electrons. The summed E-state index contributed by atoms with van der Waals surface area (Å²) in [6.07, 6.45) is 6.47. The van der Waals surface area contributed by atoms with E-state index in [9.17, 15) is 14.4 Å². The van der Waals surface area contributed by atoms with E-state index in [1.165, 1.54) is 0 Å². The van der Waals surface area contributed by atoms with Gasteiger partial charge in [0, 0.05) is 43.6 Å². The first-order valence-electron chi connectivity index (χ1n) is 11.4. The first kappa shape index (κ1) is 20.6. The Balaban J connectivity index is 1.38. The van der Waals surface area contributed by atoms with Crippen molar-refractivity contribution in [1.29, 1.82) is 0 Å². The molecule has 29 heavy (non-hydrogen) atoms. The molecule has 7 atom stereocenters. The van der Waals surface area contributed by atoms with Crippen molar-refractivity contribution in [3.8, 4) is 0 Å². The standard InChI is InChI=1S/C22H36N4O3/c1-12-4-7-16(24-22(29)25-20(27)14-5-6-14)10-17(12)18-9-15-11-23-13(2)8-19(15)26(3)21(18)28/h12-19,23H,4-11H2,1-3H3,(H2,24,25,27,29). The number of hydrogen-bond donors (Lipinski definition) is 3. The van der Waals surface area contributed by atoms with E-state index in [4.69, 9.17) is 0 Å². The van der Waals surface area contributed by atoms with Gasteiger partial charge in [-0.2, -0.15) is 0 Å². The summed E-state index contributed by atoms with van der Waals surface area (Å²) in [5.41, 5.74) is 0. The maximum atomic E-state index is 13.2. The molecule has 0 aromatic rings. The Hall–Kier alpha value is -1.63. The smallest absolute Gasteiger partial charge is 0.321 e. The molecule has 2 saturated carbocycles. The van der Waals surface area contributed by atoms with Gasteiger partial charge in [0.15, 0.2) is 0 Å². The summed E-state index contributed by atoms with van der Waals surface area (Å²) in [5.74, 6) is 1.45. The number of carbonyl (C=O) groups excluding carboxylic acids is 3. The van der Waals surface area contributed by atoms with Crippen LogP contribution >= 0.6 is 0 Å². The van der Waals surface area contributed by atoms with E-state index >= 15 is 0 Å². The van der Waals surface area contributed by atoms with Crippen LogP contribution in [0.15, 0.2) is 0 Å². The molecule has 3 N–H and O–H groups in total. The topological polar surface area (TPSA) is 90.5 Å². The number of carbonyl (C=O) groups is 3. The van der Waals surface area contributed by atoms with Gasteiger partial charge in [0.25, 0.3) is 0 Å². The SMILES string of the molecule is CC1CC2C(CN1)CC(C1CC(NC(=O)NC(=O)C3CC3)CCC1C)C(=O)N2C. The molecular formula is C22H36N4O3. The molecule has 7 unspecified atom stereocenters. The molecule has 2 aliphatic carbocycles. The second-order valence-electron chi connectivity index (χ2n) is 10.1. The highest BCUT2D eigenvalue weighted by molar-refractivity contribution is 5.96.